The summed E-state index contributed by atoms with van der Waals surface area (Å²) in [7, 11) is 0. The average Bonchev–Trinajstić information content (AvgIpc) is 3.22. The summed E-state index contributed by atoms with van der Waals surface area (Å²) in [4.78, 5) is 37.7. The van der Waals surface area contributed by atoms with E-state index in [1.165, 1.54) is 199 Å². The zero-order valence-electron chi connectivity index (χ0n) is 39.3. The molecule has 0 aromatic rings. The predicted octanol–water partition coefficient (Wildman–Crippen LogP) is 16.8. The maximum atomic E-state index is 12.7. The normalized spacial score (nSPS) is 11.8. The molecular formula is C52H100O6. The van der Waals surface area contributed by atoms with Crippen LogP contribution in [0.1, 0.15) is 297 Å². The topological polar surface area (TPSA) is 78.9 Å². The molecule has 1 unspecified atom stereocenters. The van der Waals surface area contributed by atoms with Crippen molar-refractivity contribution >= 4 is 17.9 Å². The van der Waals surface area contributed by atoms with Gasteiger partial charge >= 0.3 is 17.9 Å². The Bertz CT molecular complexity index is 859. The number of hydrogen-bond donors (Lipinski definition) is 0. The molecule has 0 spiro atoms. The molecule has 0 bridgehead atoms. The van der Waals surface area contributed by atoms with Crippen molar-refractivity contribution in [1.82, 2.24) is 0 Å². The second-order valence-electron chi connectivity index (χ2n) is 17.8. The number of esters is 3. The van der Waals surface area contributed by atoms with Gasteiger partial charge in [-0.25, -0.2) is 0 Å². The second kappa shape index (κ2) is 48.1. The average molecular weight is 821 g/mol. The Morgan fingerprint density at radius 2 is 0.466 bits per heavy atom. The number of unbranched alkanes of at least 4 members (excludes halogenated alkanes) is 37. The van der Waals surface area contributed by atoms with Gasteiger partial charge in [0.05, 0.1) is 0 Å². The van der Waals surface area contributed by atoms with Gasteiger partial charge in [-0.15, -0.1) is 0 Å². The highest BCUT2D eigenvalue weighted by Crippen LogP contribution is 2.17. The van der Waals surface area contributed by atoms with Crippen LogP contribution in [0.25, 0.3) is 0 Å². The molecule has 0 rings (SSSR count). The van der Waals surface area contributed by atoms with Crippen LogP contribution < -0.4 is 0 Å². The molecule has 0 aliphatic heterocycles. The first kappa shape index (κ1) is 56.4. The first-order valence-corrected chi connectivity index (χ1v) is 26.0. The summed E-state index contributed by atoms with van der Waals surface area (Å²) in [5.41, 5.74) is 0. The van der Waals surface area contributed by atoms with Crippen LogP contribution in [0.15, 0.2) is 0 Å². The predicted molar refractivity (Wildman–Crippen MR) is 247 cm³/mol. The Balaban J connectivity index is 4.12. The van der Waals surface area contributed by atoms with Crippen molar-refractivity contribution in [1.29, 1.82) is 0 Å². The van der Waals surface area contributed by atoms with E-state index in [9.17, 15) is 14.4 Å². The molecule has 6 nitrogen and oxygen atoms in total. The highest BCUT2D eigenvalue weighted by molar-refractivity contribution is 5.71. The molecule has 6 heteroatoms. The van der Waals surface area contributed by atoms with Gasteiger partial charge in [0, 0.05) is 19.3 Å². The van der Waals surface area contributed by atoms with E-state index in [2.05, 4.69) is 20.8 Å². The number of carbonyl (C=O) groups is 3. The lowest BCUT2D eigenvalue weighted by molar-refractivity contribution is -0.167. The lowest BCUT2D eigenvalue weighted by atomic mass is 10.0. The fourth-order valence-electron chi connectivity index (χ4n) is 7.92. The molecule has 0 heterocycles. The van der Waals surface area contributed by atoms with E-state index in [1.54, 1.807) is 0 Å². The number of ether oxygens (including phenoxy) is 3. The number of carbonyl (C=O) groups excluding carboxylic acids is 3. The smallest absolute Gasteiger partial charge is 0.306 e. The maximum Gasteiger partial charge on any atom is 0.306 e. The molecular weight excluding hydrogens is 721 g/mol. The molecule has 0 N–H and O–H groups in total. The van der Waals surface area contributed by atoms with Gasteiger partial charge in [-0.3, -0.25) is 14.4 Å². The van der Waals surface area contributed by atoms with Crippen LogP contribution in [0, 0.1) is 0 Å². The second-order valence-corrected chi connectivity index (χ2v) is 17.8. The highest BCUT2D eigenvalue weighted by Gasteiger charge is 2.19. The number of hydrogen-bond acceptors (Lipinski definition) is 6. The zero-order valence-corrected chi connectivity index (χ0v) is 39.3. The SMILES string of the molecule is CCCCCCCCCCCCCCCCCCCCCC(=O)OCC(COC(=O)CCCCCCCC)OC(=O)CCCCCCCCCCCCCCCCC. The first-order valence-electron chi connectivity index (χ1n) is 26.0. The third kappa shape index (κ3) is 45.5. The van der Waals surface area contributed by atoms with Crippen molar-refractivity contribution in [2.45, 2.75) is 303 Å². The van der Waals surface area contributed by atoms with Gasteiger partial charge in [0.25, 0.3) is 0 Å². The molecule has 0 amide bonds. The lowest BCUT2D eigenvalue weighted by Crippen LogP contribution is -2.30. The molecule has 58 heavy (non-hydrogen) atoms. The van der Waals surface area contributed by atoms with Crippen LogP contribution in [0.5, 0.6) is 0 Å². The molecule has 0 aliphatic carbocycles. The standard InChI is InChI=1S/C52H100O6/c1-4-7-10-13-16-18-20-22-24-25-26-27-29-30-32-34-36-39-42-45-51(54)57-48-49(47-56-50(53)44-41-38-15-12-9-6-3)58-52(55)46-43-40-37-35-33-31-28-23-21-19-17-14-11-8-5-2/h49H,4-48H2,1-3H3. The van der Waals surface area contributed by atoms with E-state index in [0.717, 1.165) is 57.8 Å². The first-order chi connectivity index (χ1) is 28.5. The van der Waals surface area contributed by atoms with E-state index in [1.807, 2.05) is 0 Å². The zero-order chi connectivity index (χ0) is 42.3. The summed E-state index contributed by atoms with van der Waals surface area (Å²) in [5, 5.41) is 0. The quantitative estimate of drug-likeness (QED) is 0.0346. The van der Waals surface area contributed by atoms with Crippen LogP contribution >= 0.6 is 0 Å². The van der Waals surface area contributed by atoms with Crippen LogP contribution in [-0.2, 0) is 28.6 Å². The van der Waals surface area contributed by atoms with Gasteiger partial charge in [-0.2, -0.15) is 0 Å². The summed E-state index contributed by atoms with van der Waals surface area (Å²) < 4.78 is 16.7. The Kier molecular flexibility index (Phi) is 46.8. The summed E-state index contributed by atoms with van der Waals surface area (Å²) in [6.45, 7) is 6.63. The van der Waals surface area contributed by atoms with Crippen molar-refractivity contribution < 1.29 is 28.6 Å². The van der Waals surface area contributed by atoms with Crippen LogP contribution in [0.4, 0.5) is 0 Å². The summed E-state index contributed by atoms with van der Waals surface area (Å²) in [6.07, 6.45) is 51.1. The van der Waals surface area contributed by atoms with E-state index < -0.39 is 6.10 Å². The van der Waals surface area contributed by atoms with Gasteiger partial charge in [0.2, 0.25) is 0 Å². The van der Waals surface area contributed by atoms with Gasteiger partial charge in [-0.1, -0.05) is 258 Å². The van der Waals surface area contributed by atoms with Crippen molar-refractivity contribution in [2.75, 3.05) is 13.2 Å². The van der Waals surface area contributed by atoms with E-state index in [-0.39, 0.29) is 31.1 Å². The molecule has 1 atom stereocenters. The molecule has 0 fully saturated rings. The molecule has 0 radical (unpaired) electrons. The van der Waals surface area contributed by atoms with Crippen LogP contribution in [0.2, 0.25) is 0 Å². The van der Waals surface area contributed by atoms with Crippen LogP contribution in [0.3, 0.4) is 0 Å². The minimum absolute atomic E-state index is 0.0626. The Morgan fingerprint density at radius 3 is 0.690 bits per heavy atom. The summed E-state index contributed by atoms with van der Waals surface area (Å²) in [5.74, 6) is -0.852. The van der Waals surface area contributed by atoms with E-state index in [4.69, 9.17) is 14.2 Å². The van der Waals surface area contributed by atoms with Gasteiger partial charge in [0.15, 0.2) is 6.10 Å². The fraction of sp³-hybridized carbons (Fsp3) is 0.942. The minimum Gasteiger partial charge on any atom is -0.462 e. The van der Waals surface area contributed by atoms with Crippen molar-refractivity contribution in [2.24, 2.45) is 0 Å². The number of rotatable bonds is 48. The fourth-order valence-corrected chi connectivity index (χ4v) is 7.92. The van der Waals surface area contributed by atoms with Crippen molar-refractivity contribution in [3.63, 3.8) is 0 Å². The maximum absolute atomic E-state index is 12.7. The van der Waals surface area contributed by atoms with Crippen molar-refractivity contribution in [3.05, 3.63) is 0 Å². The summed E-state index contributed by atoms with van der Waals surface area (Å²) >= 11 is 0. The molecule has 0 saturated heterocycles. The van der Waals surface area contributed by atoms with E-state index in [0.29, 0.717) is 19.3 Å². The Hall–Kier alpha value is -1.59. The van der Waals surface area contributed by atoms with Crippen molar-refractivity contribution in [3.8, 4) is 0 Å². The van der Waals surface area contributed by atoms with E-state index >= 15 is 0 Å². The molecule has 0 aromatic heterocycles. The Morgan fingerprint density at radius 1 is 0.276 bits per heavy atom. The molecule has 0 aromatic carbocycles. The van der Waals surface area contributed by atoms with Gasteiger partial charge < -0.3 is 14.2 Å². The highest BCUT2D eigenvalue weighted by atomic mass is 16.6. The lowest BCUT2D eigenvalue weighted by Gasteiger charge is -2.18. The minimum atomic E-state index is -0.758. The molecule has 344 valence electrons. The monoisotopic (exact) mass is 821 g/mol. The third-order valence-corrected chi connectivity index (χ3v) is 11.9. The largest absolute Gasteiger partial charge is 0.462 e. The van der Waals surface area contributed by atoms with Gasteiger partial charge in [0.1, 0.15) is 13.2 Å². The summed E-state index contributed by atoms with van der Waals surface area (Å²) in [6, 6.07) is 0. The van der Waals surface area contributed by atoms with Gasteiger partial charge in [-0.05, 0) is 19.3 Å². The molecule has 0 saturated carbocycles. The molecule has 0 aliphatic rings. The van der Waals surface area contributed by atoms with Crippen LogP contribution in [-0.4, -0.2) is 37.2 Å². The third-order valence-electron chi connectivity index (χ3n) is 11.9. The Labute approximate surface area is 361 Å².